The second-order valence-corrected chi connectivity index (χ2v) is 6.26. The Morgan fingerprint density at radius 3 is 2.43 bits per heavy atom. The summed E-state index contributed by atoms with van der Waals surface area (Å²) >= 11 is 0. The van der Waals surface area contributed by atoms with E-state index in [1.807, 2.05) is 30.3 Å². The molecule has 0 spiro atoms. The number of aromatic carboxylic acids is 1. The van der Waals surface area contributed by atoms with Gasteiger partial charge in [0.25, 0.3) is 5.91 Å². The van der Waals surface area contributed by atoms with Crippen LogP contribution in [0, 0.1) is 0 Å². The number of anilines is 1. The van der Waals surface area contributed by atoms with Crippen molar-refractivity contribution >= 4 is 29.4 Å². The van der Waals surface area contributed by atoms with Gasteiger partial charge in [0.1, 0.15) is 11.5 Å². The van der Waals surface area contributed by atoms with Crippen LogP contribution in [0.4, 0.5) is 5.69 Å². The molecule has 0 bridgehead atoms. The van der Waals surface area contributed by atoms with Crippen molar-refractivity contribution in [2.24, 2.45) is 5.10 Å². The molecule has 0 fully saturated rings. The number of carbonyl (C=O) groups excluding carboxylic acids is 2. The van der Waals surface area contributed by atoms with Crippen molar-refractivity contribution < 1.29 is 19.1 Å². The topological polar surface area (TPSA) is 85.9 Å². The van der Waals surface area contributed by atoms with E-state index in [1.165, 1.54) is 17.1 Å². The SMILES string of the molecule is CC1=NN(c2ccccc2)C(=O)/C1=C/c1ccc(-c2ccc(C(=O)[O-])cc2)o1. The van der Waals surface area contributed by atoms with Crippen molar-refractivity contribution in [3.05, 3.63) is 83.6 Å². The van der Waals surface area contributed by atoms with Gasteiger partial charge in [0, 0.05) is 5.56 Å². The van der Waals surface area contributed by atoms with Crippen LogP contribution < -0.4 is 10.1 Å². The Hall–Kier alpha value is -3.93. The fourth-order valence-corrected chi connectivity index (χ4v) is 2.93. The summed E-state index contributed by atoms with van der Waals surface area (Å²) in [6.45, 7) is 1.77. The summed E-state index contributed by atoms with van der Waals surface area (Å²) in [5.41, 5.74) is 2.58. The molecule has 0 unspecified atom stereocenters. The van der Waals surface area contributed by atoms with Crippen LogP contribution in [0.25, 0.3) is 17.4 Å². The highest BCUT2D eigenvalue weighted by molar-refractivity contribution is 6.32. The molecule has 0 radical (unpaired) electrons. The zero-order valence-corrected chi connectivity index (χ0v) is 15.0. The van der Waals surface area contributed by atoms with E-state index in [1.54, 1.807) is 37.3 Å². The molecule has 1 aliphatic heterocycles. The Labute approximate surface area is 161 Å². The maximum Gasteiger partial charge on any atom is 0.280 e. The molecular formula is C22H15N2O4-. The van der Waals surface area contributed by atoms with Crippen LogP contribution >= 0.6 is 0 Å². The number of hydrazone groups is 1. The zero-order chi connectivity index (χ0) is 19.7. The maximum absolute atomic E-state index is 12.7. The van der Waals surface area contributed by atoms with Gasteiger partial charge >= 0.3 is 0 Å². The number of amides is 1. The van der Waals surface area contributed by atoms with Crippen molar-refractivity contribution in [1.82, 2.24) is 0 Å². The van der Waals surface area contributed by atoms with Crippen molar-refractivity contribution in [3.8, 4) is 11.3 Å². The van der Waals surface area contributed by atoms with Gasteiger partial charge in [0.2, 0.25) is 0 Å². The van der Waals surface area contributed by atoms with Crippen LogP contribution in [0.2, 0.25) is 0 Å². The van der Waals surface area contributed by atoms with Crippen LogP contribution in [0.15, 0.2) is 81.8 Å². The van der Waals surface area contributed by atoms with Crippen molar-refractivity contribution in [2.45, 2.75) is 6.92 Å². The molecule has 0 atom stereocenters. The van der Waals surface area contributed by atoms with Gasteiger partial charge in [0.05, 0.1) is 22.9 Å². The van der Waals surface area contributed by atoms with Crippen LogP contribution in [0.5, 0.6) is 0 Å². The lowest BCUT2D eigenvalue weighted by Crippen LogP contribution is -2.21. The number of benzene rings is 2. The molecule has 0 N–H and O–H groups in total. The standard InChI is InChI=1S/C22H16N2O4/c1-14-19(21(25)24(23-14)17-5-3-2-4-6-17)13-18-11-12-20(28-18)15-7-9-16(10-8-15)22(26)27/h2-13H,1H3,(H,26,27)/p-1/b19-13+. The molecule has 28 heavy (non-hydrogen) atoms. The Kier molecular flexibility index (Phi) is 4.37. The van der Waals surface area contributed by atoms with E-state index in [0.717, 1.165) is 5.56 Å². The van der Waals surface area contributed by atoms with Crippen LogP contribution in [0.1, 0.15) is 23.0 Å². The van der Waals surface area contributed by atoms with E-state index < -0.39 is 5.97 Å². The molecule has 3 aromatic rings. The first-order chi connectivity index (χ1) is 13.5. The van der Waals surface area contributed by atoms with Gasteiger partial charge in [-0.2, -0.15) is 10.1 Å². The lowest BCUT2D eigenvalue weighted by molar-refractivity contribution is -0.255. The molecule has 6 nitrogen and oxygen atoms in total. The van der Waals surface area contributed by atoms with E-state index >= 15 is 0 Å². The highest BCUT2D eigenvalue weighted by Crippen LogP contribution is 2.27. The van der Waals surface area contributed by atoms with Gasteiger partial charge in [-0.1, -0.05) is 42.5 Å². The minimum atomic E-state index is -1.23. The maximum atomic E-state index is 12.7. The minimum absolute atomic E-state index is 0.0991. The number of carboxylic acids is 1. The molecule has 4 rings (SSSR count). The molecule has 6 heteroatoms. The molecule has 1 amide bonds. The average molecular weight is 371 g/mol. The van der Waals surface area contributed by atoms with Gasteiger partial charge in [-0.05, 0) is 42.8 Å². The first kappa shape index (κ1) is 17.5. The lowest BCUT2D eigenvalue weighted by Gasteiger charge is -2.10. The predicted octanol–water partition coefficient (Wildman–Crippen LogP) is 3.12. The highest BCUT2D eigenvalue weighted by Gasteiger charge is 2.28. The molecule has 138 valence electrons. The first-order valence-corrected chi connectivity index (χ1v) is 8.61. The van der Waals surface area contributed by atoms with E-state index in [0.29, 0.717) is 28.5 Å². The molecule has 0 saturated carbocycles. The number of carboxylic acid groups (broad SMARTS) is 1. The zero-order valence-electron chi connectivity index (χ0n) is 15.0. The summed E-state index contributed by atoms with van der Waals surface area (Å²) in [6.07, 6.45) is 1.66. The molecule has 1 aromatic heterocycles. The third-order valence-electron chi connectivity index (χ3n) is 4.38. The van der Waals surface area contributed by atoms with Gasteiger partial charge in [0.15, 0.2) is 0 Å². The van der Waals surface area contributed by atoms with Gasteiger partial charge in [-0.3, -0.25) is 4.79 Å². The van der Waals surface area contributed by atoms with E-state index in [-0.39, 0.29) is 11.5 Å². The van der Waals surface area contributed by atoms with E-state index in [9.17, 15) is 14.7 Å². The Bertz CT molecular complexity index is 1110. The normalized spacial score (nSPS) is 15.2. The van der Waals surface area contributed by atoms with Crippen LogP contribution in [0.3, 0.4) is 0 Å². The smallest absolute Gasteiger partial charge is 0.280 e. The summed E-state index contributed by atoms with van der Waals surface area (Å²) in [5, 5.41) is 16.5. The second-order valence-electron chi connectivity index (χ2n) is 6.26. The van der Waals surface area contributed by atoms with Gasteiger partial charge in [-0.15, -0.1) is 0 Å². The van der Waals surface area contributed by atoms with Crippen LogP contribution in [-0.2, 0) is 4.79 Å². The van der Waals surface area contributed by atoms with Crippen molar-refractivity contribution in [3.63, 3.8) is 0 Å². The largest absolute Gasteiger partial charge is 0.545 e. The van der Waals surface area contributed by atoms with Crippen LogP contribution in [-0.4, -0.2) is 17.6 Å². The number of carbonyl (C=O) groups is 2. The number of hydrogen-bond acceptors (Lipinski definition) is 5. The highest BCUT2D eigenvalue weighted by atomic mass is 16.4. The summed E-state index contributed by atoms with van der Waals surface area (Å²) in [5.74, 6) is -0.377. The lowest BCUT2D eigenvalue weighted by atomic mass is 10.1. The predicted molar refractivity (Wildman–Crippen MR) is 103 cm³/mol. The molecule has 0 aliphatic carbocycles. The number of nitrogens with zero attached hydrogens (tertiary/aromatic N) is 2. The summed E-state index contributed by atoms with van der Waals surface area (Å²) < 4.78 is 5.80. The average Bonchev–Trinajstić information content (AvgIpc) is 3.29. The van der Waals surface area contributed by atoms with Crippen molar-refractivity contribution in [1.29, 1.82) is 0 Å². The number of rotatable bonds is 4. The van der Waals surface area contributed by atoms with Crippen molar-refractivity contribution in [2.75, 3.05) is 5.01 Å². The molecular weight excluding hydrogens is 356 g/mol. The number of hydrogen-bond donors (Lipinski definition) is 0. The molecule has 0 saturated heterocycles. The van der Waals surface area contributed by atoms with E-state index in [2.05, 4.69) is 5.10 Å². The first-order valence-electron chi connectivity index (χ1n) is 8.61. The molecule has 2 heterocycles. The fraction of sp³-hybridized carbons (Fsp3) is 0.0455. The number of para-hydroxylation sites is 1. The van der Waals surface area contributed by atoms with Gasteiger partial charge < -0.3 is 14.3 Å². The fourth-order valence-electron chi connectivity index (χ4n) is 2.93. The Morgan fingerprint density at radius 1 is 1.04 bits per heavy atom. The van der Waals surface area contributed by atoms with Gasteiger partial charge in [-0.25, -0.2) is 0 Å². The summed E-state index contributed by atoms with van der Waals surface area (Å²) in [6, 6.07) is 18.9. The quantitative estimate of drug-likeness (QED) is 0.660. The summed E-state index contributed by atoms with van der Waals surface area (Å²) in [7, 11) is 0. The Balaban J connectivity index is 1.59. The molecule has 2 aromatic carbocycles. The molecule has 1 aliphatic rings. The second kappa shape index (κ2) is 7.00. The minimum Gasteiger partial charge on any atom is -0.545 e. The summed E-state index contributed by atoms with van der Waals surface area (Å²) in [4.78, 5) is 23.6. The number of furan rings is 1. The Morgan fingerprint density at radius 2 is 1.75 bits per heavy atom. The monoisotopic (exact) mass is 371 g/mol. The van der Waals surface area contributed by atoms with E-state index in [4.69, 9.17) is 4.42 Å². The third-order valence-corrected chi connectivity index (χ3v) is 4.38. The third kappa shape index (κ3) is 3.23.